The predicted molar refractivity (Wildman–Crippen MR) is 68.3 cm³/mol. The van der Waals surface area contributed by atoms with Crippen molar-refractivity contribution >= 4 is 5.97 Å². The summed E-state index contributed by atoms with van der Waals surface area (Å²) in [4.78, 5) is 11.3. The number of ether oxygens (including phenoxy) is 1. The summed E-state index contributed by atoms with van der Waals surface area (Å²) in [7, 11) is 1.49. The fourth-order valence-electron chi connectivity index (χ4n) is 2.21. The Morgan fingerprint density at radius 3 is 2.31 bits per heavy atom. The Balaban J connectivity index is 0.000000673. The monoisotopic (exact) mass is 228 g/mol. The van der Waals surface area contributed by atoms with Gasteiger partial charge in [-0.25, -0.2) is 0 Å². The van der Waals surface area contributed by atoms with E-state index in [0.717, 1.165) is 18.8 Å². The first-order valence-corrected chi connectivity index (χ1v) is 6.64. The van der Waals surface area contributed by atoms with Crippen LogP contribution >= 0.6 is 0 Å². The van der Waals surface area contributed by atoms with E-state index in [1.54, 1.807) is 0 Å². The Morgan fingerprint density at radius 1 is 1.31 bits per heavy atom. The number of hydrogen-bond acceptors (Lipinski definition) is 2. The summed E-state index contributed by atoms with van der Waals surface area (Å²) in [6, 6.07) is 0. The molecule has 1 aliphatic rings. The average molecular weight is 228 g/mol. The van der Waals surface area contributed by atoms with Crippen molar-refractivity contribution in [3.63, 3.8) is 0 Å². The zero-order valence-corrected chi connectivity index (χ0v) is 11.6. The molecule has 0 amide bonds. The third kappa shape index (κ3) is 5.53. The van der Waals surface area contributed by atoms with E-state index >= 15 is 0 Å². The molecule has 1 fully saturated rings. The van der Waals surface area contributed by atoms with Crippen LogP contribution in [0, 0.1) is 17.8 Å². The molecule has 2 atom stereocenters. The van der Waals surface area contributed by atoms with E-state index in [9.17, 15) is 4.79 Å². The van der Waals surface area contributed by atoms with Crippen molar-refractivity contribution in [3.05, 3.63) is 0 Å². The molecule has 0 spiro atoms. The van der Waals surface area contributed by atoms with Crippen molar-refractivity contribution in [2.75, 3.05) is 7.11 Å². The quantitative estimate of drug-likeness (QED) is 0.667. The lowest BCUT2D eigenvalue weighted by Gasteiger charge is -2.29. The van der Waals surface area contributed by atoms with Crippen molar-refractivity contribution in [1.82, 2.24) is 0 Å². The van der Waals surface area contributed by atoms with Crippen LogP contribution in [-0.2, 0) is 9.53 Å². The molecule has 1 saturated carbocycles. The third-order valence-electron chi connectivity index (χ3n) is 3.19. The van der Waals surface area contributed by atoms with Crippen LogP contribution in [0.5, 0.6) is 0 Å². The summed E-state index contributed by atoms with van der Waals surface area (Å²) < 4.78 is 4.78. The van der Waals surface area contributed by atoms with Gasteiger partial charge in [-0.15, -0.1) is 0 Å². The van der Waals surface area contributed by atoms with Crippen LogP contribution in [0.25, 0.3) is 0 Å². The lowest BCUT2D eigenvalue weighted by Crippen LogP contribution is -2.26. The van der Waals surface area contributed by atoms with Crippen LogP contribution < -0.4 is 0 Å². The highest BCUT2D eigenvalue weighted by Crippen LogP contribution is 2.33. The fourth-order valence-corrected chi connectivity index (χ4v) is 2.21. The SMILES string of the molecule is CCC.COC(=O)C1CCCC(C(C)C)C1. The maximum absolute atomic E-state index is 11.3. The van der Waals surface area contributed by atoms with Crippen LogP contribution in [0.2, 0.25) is 0 Å². The number of methoxy groups -OCH3 is 1. The van der Waals surface area contributed by atoms with Gasteiger partial charge in [0.2, 0.25) is 0 Å². The molecule has 0 aliphatic heterocycles. The van der Waals surface area contributed by atoms with Crippen LogP contribution in [0.1, 0.15) is 59.8 Å². The third-order valence-corrected chi connectivity index (χ3v) is 3.19. The molecule has 0 saturated heterocycles. The molecule has 16 heavy (non-hydrogen) atoms. The van der Waals surface area contributed by atoms with Crippen molar-refractivity contribution in [2.45, 2.75) is 59.8 Å². The summed E-state index contributed by atoms with van der Waals surface area (Å²) in [5.41, 5.74) is 0. The molecule has 0 aromatic heterocycles. The van der Waals surface area contributed by atoms with Crippen LogP contribution in [-0.4, -0.2) is 13.1 Å². The maximum atomic E-state index is 11.3. The maximum Gasteiger partial charge on any atom is 0.308 e. The molecule has 1 aliphatic carbocycles. The Hall–Kier alpha value is -0.530. The minimum atomic E-state index is -0.00894. The summed E-state index contributed by atoms with van der Waals surface area (Å²) in [6.07, 6.45) is 5.77. The minimum Gasteiger partial charge on any atom is -0.469 e. The first kappa shape index (κ1) is 15.5. The molecule has 0 aromatic carbocycles. The van der Waals surface area contributed by atoms with Crippen molar-refractivity contribution < 1.29 is 9.53 Å². The summed E-state index contributed by atoms with van der Waals surface area (Å²) >= 11 is 0. The highest BCUT2D eigenvalue weighted by Gasteiger charge is 2.28. The van der Waals surface area contributed by atoms with E-state index in [1.807, 2.05) is 0 Å². The second-order valence-electron chi connectivity index (χ2n) is 5.10. The Kier molecular flexibility index (Phi) is 8.32. The number of rotatable bonds is 2. The molecule has 2 unspecified atom stereocenters. The lowest BCUT2D eigenvalue weighted by molar-refractivity contribution is -0.147. The van der Waals surface area contributed by atoms with E-state index in [-0.39, 0.29) is 11.9 Å². The fraction of sp³-hybridized carbons (Fsp3) is 0.929. The molecule has 0 radical (unpaired) electrons. The molecule has 96 valence electrons. The van der Waals surface area contributed by atoms with Gasteiger partial charge in [0.1, 0.15) is 0 Å². The summed E-state index contributed by atoms with van der Waals surface area (Å²) in [5.74, 6) is 1.59. The van der Waals surface area contributed by atoms with Gasteiger partial charge in [-0.05, 0) is 24.7 Å². The second kappa shape index (κ2) is 8.60. The smallest absolute Gasteiger partial charge is 0.308 e. The van der Waals surface area contributed by atoms with E-state index in [2.05, 4.69) is 27.7 Å². The average Bonchev–Trinajstić information content (AvgIpc) is 2.29. The van der Waals surface area contributed by atoms with Gasteiger partial charge in [-0.3, -0.25) is 4.79 Å². The molecule has 0 heterocycles. The van der Waals surface area contributed by atoms with Crippen LogP contribution in [0.4, 0.5) is 0 Å². The number of esters is 1. The Labute approximate surface area is 101 Å². The Morgan fingerprint density at radius 2 is 1.88 bits per heavy atom. The van der Waals surface area contributed by atoms with E-state index in [1.165, 1.54) is 26.4 Å². The highest BCUT2D eigenvalue weighted by molar-refractivity contribution is 5.72. The van der Waals surface area contributed by atoms with E-state index < -0.39 is 0 Å². The molecular weight excluding hydrogens is 200 g/mol. The topological polar surface area (TPSA) is 26.3 Å². The molecule has 0 N–H and O–H groups in total. The van der Waals surface area contributed by atoms with Gasteiger partial charge in [0.05, 0.1) is 13.0 Å². The molecule has 0 bridgehead atoms. The minimum absolute atomic E-state index is 0.00894. The first-order valence-electron chi connectivity index (χ1n) is 6.64. The number of carbonyl (C=O) groups excluding carboxylic acids is 1. The lowest BCUT2D eigenvalue weighted by atomic mass is 9.76. The van der Waals surface area contributed by atoms with Crippen molar-refractivity contribution in [2.24, 2.45) is 17.8 Å². The standard InChI is InChI=1S/C11H20O2.C3H8/c1-8(2)9-5-4-6-10(7-9)11(12)13-3;1-3-2/h8-10H,4-7H2,1-3H3;3H2,1-2H3. The van der Waals surface area contributed by atoms with Crippen molar-refractivity contribution in [3.8, 4) is 0 Å². The first-order chi connectivity index (χ1) is 7.56. The normalized spacial score (nSPS) is 24.6. The van der Waals surface area contributed by atoms with Gasteiger partial charge in [0.25, 0.3) is 0 Å². The second-order valence-corrected chi connectivity index (χ2v) is 5.10. The van der Waals surface area contributed by atoms with E-state index in [0.29, 0.717) is 5.92 Å². The largest absolute Gasteiger partial charge is 0.469 e. The highest BCUT2D eigenvalue weighted by atomic mass is 16.5. The van der Waals surface area contributed by atoms with Gasteiger partial charge in [0.15, 0.2) is 0 Å². The summed E-state index contributed by atoms with van der Waals surface area (Å²) in [5, 5.41) is 0. The molecule has 2 nitrogen and oxygen atoms in total. The Bertz CT molecular complexity index is 187. The van der Waals surface area contributed by atoms with Crippen LogP contribution in [0.3, 0.4) is 0 Å². The van der Waals surface area contributed by atoms with Crippen molar-refractivity contribution in [1.29, 1.82) is 0 Å². The van der Waals surface area contributed by atoms with Gasteiger partial charge in [-0.1, -0.05) is 47.0 Å². The molecular formula is C14H28O2. The zero-order valence-electron chi connectivity index (χ0n) is 11.6. The predicted octanol–water partition coefficient (Wildman–Crippen LogP) is 4.04. The van der Waals surface area contributed by atoms with Gasteiger partial charge in [-0.2, -0.15) is 0 Å². The number of carbonyl (C=O) groups is 1. The molecule has 0 aromatic rings. The van der Waals surface area contributed by atoms with Gasteiger partial charge >= 0.3 is 5.97 Å². The van der Waals surface area contributed by atoms with Crippen LogP contribution in [0.15, 0.2) is 0 Å². The number of hydrogen-bond donors (Lipinski definition) is 0. The van der Waals surface area contributed by atoms with E-state index in [4.69, 9.17) is 4.74 Å². The van der Waals surface area contributed by atoms with Gasteiger partial charge < -0.3 is 4.74 Å². The molecule has 1 rings (SSSR count). The summed E-state index contributed by atoms with van der Waals surface area (Å²) in [6.45, 7) is 8.73. The van der Waals surface area contributed by atoms with Gasteiger partial charge in [0, 0.05) is 0 Å². The zero-order chi connectivity index (χ0) is 12.6. The molecule has 2 heteroatoms.